The topological polar surface area (TPSA) is 130 Å². The molecule has 3 aromatic carbocycles. The van der Waals surface area contributed by atoms with Crippen LogP contribution >= 0.6 is 11.6 Å². The van der Waals surface area contributed by atoms with E-state index in [-0.39, 0.29) is 35.1 Å². The van der Waals surface area contributed by atoms with E-state index >= 15 is 0 Å². The lowest BCUT2D eigenvalue weighted by atomic mass is 10.1. The third-order valence-corrected chi connectivity index (χ3v) is 8.61. The summed E-state index contributed by atoms with van der Waals surface area (Å²) in [7, 11) is -4.34. The number of nitro benzene ring substituents is 1. The predicted octanol–water partition coefficient (Wildman–Crippen LogP) is 5.17. The number of carbonyl (C=O) groups is 2. The van der Waals surface area contributed by atoms with Crippen molar-refractivity contribution in [2.45, 2.75) is 50.6 Å². The molecule has 0 bridgehead atoms. The van der Waals surface area contributed by atoms with Crippen LogP contribution in [-0.2, 0) is 26.2 Å². The number of sulfonamides is 1. The largest absolute Gasteiger partial charge is 0.354 e. The number of amides is 2. The Bertz CT molecular complexity index is 1470. The second kappa shape index (κ2) is 14.6. The number of benzene rings is 3. The van der Waals surface area contributed by atoms with Crippen molar-refractivity contribution in [3.05, 3.63) is 99.6 Å². The number of nitrogens with one attached hydrogen (secondary N) is 1. The Morgan fingerprint density at radius 2 is 1.68 bits per heavy atom. The van der Waals surface area contributed by atoms with Crippen molar-refractivity contribution in [2.24, 2.45) is 0 Å². The van der Waals surface area contributed by atoms with Crippen LogP contribution in [0.3, 0.4) is 0 Å². The van der Waals surface area contributed by atoms with Gasteiger partial charge < -0.3 is 10.2 Å². The van der Waals surface area contributed by atoms with E-state index in [2.05, 4.69) is 5.32 Å². The molecule has 0 aromatic heterocycles. The van der Waals surface area contributed by atoms with Crippen LogP contribution in [0.15, 0.2) is 83.8 Å². The van der Waals surface area contributed by atoms with Gasteiger partial charge in [-0.3, -0.25) is 24.0 Å². The van der Waals surface area contributed by atoms with Gasteiger partial charge in [0.2, 0.25) is 11.8 Å². The van der Waals surface area contributed by atoms with Gasteiger partial charge >= 0.3 is 0 Å². The molecule has 12 heteroatoms. The predicted molar refractivity (Wildman–Crippen MR) is 158 cm³/mol. The number of unbranched alkanes of at least 4 members (excludes halogenated alkanes) is 1. The molecule has 10 nitrogen and oxygen atoms in total. The van der Waals surface area contributed by atoms with Gasteiger partial charge in [-0.25, -0.2) is 8.42 Å². The fourth-order valence-electron chi connectivity index (χ4n) is 4.25. The SMILES string of the molecule is CCCCNC(=O)[C@@H](CC)N(Cc1ccccc1Cl)C(=O)CN(c1cccc([N+](=O)[O-])c1)S(=O)(=O)c1ccccc1. The zero-order valence-corrected chi connectivity index (χ0v) is 24.5. The Hall–Kier alpha value is -3.96. The van der Waals surface area contributed by atoms with Crippen molar-refractivity contribution in [2.75, 3.05) is 17.4 Å². The molecule has 0 radical (unpaired) electrons. The van der Waals surface area contributed by atoms with Gasteiger partial charge in [0.05, 0.1) is 15.5 Å². The summed E-state index contributed by atoms with van der Waals surface area (Å²) in [5.74, 6) is -1.04. The van der Waals surface area contributed by atoms with Gasteiger partial charge in [-0.1, -0.05) is 74.3 Å². The Balaban J connectivity index is 2.08. The summed E-state index contributed by atoms with van der Waals surface area (Å²) in [5.41, 5.74) is 0.183. The van der Waals surface area contributed by atoms with Crippen molar-refractivity contribution in [3.63, 3.8) is 0 Å². The highest BCUT2D eigenvalue weighted by atomic mass is 35.5. The average Bonchev–Trinajstić information content (AvgIpc) is 2.97. The highest BCUT2D eigenvalue weighted by Gasteiger charge is 2.34. The highest BCUT2D eigenvalue weighted by Crippen LogP contribution is 2.28. The molecular formula is C29H33ClN4O6S. The summed E-state index contributed by atoms with van der Waals surface area (Å²) in [6, 6.07) is 18.5. The molecule has 0 spiro atoms. The van der Waals surface area contributed by atoms with Crippen LogP contribution in [0.1, 0.15) is 38.7 Å². The first-order chi connectivity index (χ1) is 19.6. The maximum absolute atomic E-state index is 14.0. The molecule has 1 N–H and O–H groups in total. The number of non-ortho nitro benzene ring substituents is 1. The minimum Gasteiger partial charge on any atom is -0.354 e. The third kappa shape index (κ3) is 8.05. The maximum atomic E-state index is 14.0. The van der Waals surface area contributed by atoms with Gasteiger partial charge in [0.25, 0.3) is 15.7 Å². The Morgan fingerprint density at radius 3 is 2.32 bits per heavy atom. The summed E-state index contributed by atoms with van der Waals surface area (Å²) in [5, 5.41) is 14.7. The summed E-state index contributed by atoms with van der Waals surface area (Å²) in [4.78, 5) is 39.3. The van der Waals surface area contributed by atoms with Crippen LogP contribution in [0.2, 0.25) is 5.02 Å². The zero-order valence-electron chi connectivity index (χ0n) is 22.9. The number of anilines is 1. The lowest BCUT2D eigenvalue weighted by molar-refractivity contribution is -0.384. The molecule has 3 rings (SSSR count). The van der Waals surface area contributed by atoms with E-state index in [0.717, 1.165) is 23.2 Å². The lowest BCUT2D eigenvalue weighted by Gasteiger charge is -2.33. The summed E-state index contributed by atoms with van der Waals surface area (Å²) in [6.07, 6.45) is 1.89. The van der Waals surface area contributed by atoms with E-state index in [4.69, 9.17) is 11.6 Å². The van der Waals surface area contributed by atoms with E-state index in [9.17, 15) is 28.1 Å². The summed E-state index contributed by atoms with van der Waals surface area (Å²) in [6.45, 7) is 3.43. The Labute approximate surface area is 245 Å². The molecule has 0 aliphatic rings. The van der Waals surface area contributed by atoms with E-state index in [1.165, 1.54) is 47.4 Å². The van der Waals surface area contributed by atoms with Gasteiger partial charge in [-0.2, -0.15) is 0 Å². The molecule has 0 fully saturated rings. The lowest BCUT2D eigenvalue weighted by Crippen LogP contribution is -2.52. The normalized spacial score (nSPS) is 11.9. The molecule has 0 heterocycles. The van der Waals surface area contributed by atoms with Gasteiger partial charge in [0, 0.05) is 30.2 Å². The van der Waals surface area contributed by atoms with Crippen LogP contribution in [0.4, 0.5) is 11.4 Å². The molecule has 0 saturated carbocycles. The molecule has 1 atom stereocenters. The molecule has 0 unspecified atom stereocenters. The smallest absolute Gasteiger partial charge is 0.271 e. The fourth-order valence-corrected chi connectivity index (χ4v) is 5.87. The van der Waals surface area contributed by atoms with E-state index < -0.39 is 33.4 Å². The quantitative estimate of drug-likeness (QED) is 0.154. The number of carbonyl (C=O) groups excluding carboxylic acids is 2. The van der Waals surface area contributed by atoms with Gasteiger partial charge in [0.1, 0.15) is 12.6 Å². The molecule has 0 saturated heterocycles. The van der Waals surface area contributed by atoms with Crippen LogP contribution in [0.25, 0.3) is 0 Å². The molecule has 2 amide bonds. The summed E-state index contributed by atoms with van der Waals surface area (Å²) < 4.78 is 28.5. The minimum absolute atomic E-state index is 0.0492. The molecule has 3 aromatic rings. The molecule has 218 valence electrons. The van der Waals surface area contributed by atoms with E-state index in [1.54, 1.807) is 37.3 Å². The zero-order chi connectivity index (χ0) is 30.0. The average molecular weight is 601 g/mol. The molecule has 0 aliphatic carbocycles. The third-order valence-electron chi connectivity index (χ3n) is 6.45. The van der Waals surface area contributed by atoms with Gasteiger partial charge in [0.15, 0.2) is 0 Å². The second-order valence-electron chi connectivity index (χ2n) is 9.28. The Kier molecular flexibility index (Phi) is 11.2. The van der Waals surface area contributed by atoms with Crippen molar-refractivity contribution in [3.8, 4) is 0 Å². The fraction of sp³-hybridized carbons (Fsp3) is 0.310. The van der Waals surface area contributed by atoms with Crippen LogP contribution in [-0.4, -0.2) is 49.2 Å². The van der Waals surface area contributed by atoms with Gasteiger partial charge in [-0.05, 0) is 42.7 Å². The number of hydrogen-bond donors (Lipinski definition) is 1. The van der Waals surface area contributed by atoms with Gasteiger partial charge in [-0.15, -0.1) is 0 Å². The minimum atomic E-state index is -4.34. The van der Waals surface area contributed by atoms with E-state index in [1.807, 2.05) is 6.92 Å². The summed E-state index contributed by atoms with van der Waals surface area (Å²) >= 11 is 6.40. The van der Waals surface area contributed by atoms with Crippen LogP contribution in [0.5, 0.6) is 0 Å². The van der Waals surface area contributed by atoms with Crippen molar-refractivity contribution < 1.29 is 22.9 Å². The number of halogens is 1. The molecule has 41 heavy (non-hydrogen) atoms. The molecular weight excluding hydrogens is 568 g/mol. The van der Waals surface area contributed by atoms with Crippen molar-refractivity contribution in [1.82, 2.24) is 10.2 Å². The van der Waals surface area contributed by atoms with E-state index in [0.29, 0.717) is 17.1 Å². The second-order valence-corrected chi connectivity index (χ2v) is 11.6. The van der Waals surface area contributed by atoms with Crippen molar-refractivity contribution in [1.29, 1.82) is 0 Å². The maximum Gasteiger partial charge on any atom is 0.271 e. The molecule has 0 aliphatic heterocycles. The first-order valence-electron chi connectivity index (χ1n) is 13.2. The standard InChI is InChI=1S/C29H33ClN4O6S/c1-3-5-18-31-29(36)27(4-2)32(20-22-12-9-10-17-26(22)30)28(35)21-33(23-13-11-14-24(19-23)34(37)38)41(39,40)25-15-7-6-8-16-25/h6-17,19,27H,3-5,18,20-21H2,1-2H3,(H,31,36)/t27-/m1/s1. The van der Waals surface area contributed by atoms with Crippen LogP contribution < -0.4 is 9.62 Å². The highest BCUT2D eigenvalue weighted by molar-refractivity contribution is 7.92. The number of hydrogen-bond acceptors (Lipinski definition) is 6. The van der Waals surface area contributed by atoms with Crippen LogP contribution in [0, 0.1) is 10.1 Å². The van der Waals surface area contributed by atoms with Crippen molar-refractivity contribution >= 4 is 44.8 Å². The number of nitro groups is 1. The number of nitrogens with zero attached hydrogens (tertiary/aromatic N) is 3. The first-order valence-corrected chi connectivity index (χ1v) is 15.0. The Morgan fingerprint density at radius 1 is 1.00 bits per heavy atom. The monoisotopic (exact) mass is 600 g/mol. The number of rotatable bonds is 14. The first kappa shape index (κ1) is 31.6.